The average Bonchev–Trinajstić information content (AvgIpc) is 2.69. The van der Waals surface area contributed by atoms with Crippen LogP contribution < -0.4 is 16.2 Å². The first-order chi connectivity index (χ1) is 13.2. The molecule has 0 aromatic heterocycles. The lowest BCUT2D eigenvalue weighted by molar-refractivity contribution is 0.237. The van der Waals surface area contributed by atoms with E-state index in [9.17, 15) is 0 Å². The molecule has 1 saturated heterocycles. The van der Waals surface area contributed by atoms with Crippen molar-refractivity contribution in [2.75, 3.05) is 36.9 Å². The van der Waals surface area contributed by atoms with Gasteiger partial charge in [-0.15, -0.1) is 24.8 Å². The molecule has 0 radical (unpaired) electrons. The van der Waals surface area contributed by atoms with Gasteiger partial charge in [-0.1, -0.05) is 24.1 Å². The number of nitrogens with zero attached hydrogens (tertiary/aromatic N) is 1. The van der Waals surface area contributed by atoms with E-state index in [0.29, 0.717) is 0 Å². The predicted octanol–water partition coefficient (Wildman–Crippen LogP) is 5.76. The molecule has 3 aliphatic rings. The highest BCUT2D eigenvalue weighted by Crippen LogP contribution is 2.36. The number of likely N-dealkylation sites (tertiary alicyclic amines) is 1. The molecule has 0 spiro atoms. The lowest BCUT2D eigenvalue weighted by atomic mass is 9.92. The zero-order chi connectivity index (χ0) is 18.6. The van der Waals surface area contributed by atoms with Crippen LogP contribution in [0.25, 0.3) is 5.57 Å². The third-order valence-corrected chi connectivity index (χ3v) is 6.02. The molecule has 1 aliphatic carbocycles. The van der Waals surface area contributed by atoms with Gasteiger partial charge in [0.25, 0.3) is 0 Å². The maximum atomic E-state index is 3.60. The van der Waals surface area contributed by atoms with Crippen molar-refractivity contribution in [3.05, 3.63) is 52.8 Å². The molecular weight excluding hydrogens is 403 g/mol. The number of allylic oxidation sites excluding steroid dienone is 6. The minimum absolute atomic E-state index is 0. The van der Waals surface area contributed by atoms with Crippen LogP contribution in [0.2, 0.25) is 0 Å². The summed E-state index contributed by atoms with van der Waals surface area (Å²) < 4.78 is 0. The summed E-state index contributed by atoms with van der Waals surface area (Å²) in [5.41, 5.74) is 15.8. The standard InChI is InChI=1S/C23H32N4.2ClH/c1-17-7-6-8-22-21(15-18(17)2)20-10-9-19(16-23(20)26-25-22)24-11-14-27-12-4-3-5-13-27;;/h7,9-10,15-16,24-26H,3-6,8,11-14H2,1-2H3;2*1H. The Balaban J connectivity index is 0.00000150. The van der Waals surface area contributed by atoms with Crippen LogP contribution in [0.5, 0.6) is 0 Å². The Labute approximate surface area is 187 Å². The van der Waals surface area contributed by atoms with E-state index in [-0.39, 0.29) is 24.8 Å². The minimum Gasteiger partial charge on any atom is -0.384 e. The van der Waals surface area contributed by atoms with E-state index >= 15 is 0 Å². The molecule has 6 heteroatoms. The van der Waals surface area contributed by atoms with Gasteiger partial charge in [0, 0.05) is 35.6 Å². The molecule has 2 aliphatic heterocycles. The van der Waals surface area contributed by atoms with Crippen molar-refractivity contribution in [2.24, 2.45) is 0 Å². The van der Waals surface area contributed by atoms with Gasteiger partial charge >= 0.3 is 0 Å². The van der Waals surface area contributed by atoms with Gasteiger partial charge in [0.15, 0.2) is 0 Å². The number of rotatable bonds is 4. The molecule has 2 heterocycles. The molecule has 1 fully saturated rings. The summed E-state index contributed by atoms with van der Waals surface area (Å²) in [4.78, 5) is 2.57. The molecule has 4 nitrogen and oxygen atoms in total. The molecule has 0 unspecified atom stereocenters. The number of hydrogen-bond donors (Lipinski definition) is 3. The van der Waals surface area contributed by atoms with Crippen LogP contribution >= 0.6 is 24.8 Å². The lowest BCUT2D eigenvalue weighted by Crippen LogP contribution is -2.33. The van der Waals surface area contributed by atoms with Crippen LogP contribution in [0.3, 0.4) is 0 Å². The Hall–Kier alpha value is -1.62. The fourth-order valence-corrected chi connectivity index (χ4v) is 4.19. The third kappa shape index (κ3) is 5.71. The molecule has 4 rings (SSSR count). The number of halogens is 2. The number of anilines is 2. The van der Waals surface area contributed by atoms with E-state index in [2.05, 4.69) is 65.3 Å². The number of hydrazine groups is 1. The zero-order valence-corrected chi connectivity index (χ0v) is 19.1. The Morgan fingerprint density at radius 1 is 1.00 bits per heavy atom. The quantitative estimate of drug-likeness (QED) is 0.561. The van der Waals surface area contributed by atoms with Crippen LogP contribution in [-0.4, -0.2) is 31.1 Å². The zero-order valence-electron chi connectivity index (χ0n) is 17.5. The second-order valence-corrected chi connectivity index (χ2v) is 7.98. The highest BCUT2D eigenvalue weighted by Gasteiger charge is 2.19. The van der Waals surface area contributed by atoms with Crippen molar-refractivity contribution in [3.63, 3.8) is 0 Å². The topological polar surface area (TPSA) is 39.3 Å². The van der Waals surface area contributed by atoms with E-state index in [1.807, 2.05) is 0 Å². The molecule has 1 aromatic carbocycles. The van der Waals surface area contributed by atoms with Gasteiger partial charge in [-0.05, 0) is 76.4 Å². The third-order valence-electron chi connectivity index (χ3n) is 6.02. The molecule has 0 bridgehead atoms. The summed E-state index contributed by atoms with van der Waals surface area (Å²) in [6, 6.07) is 6.70. The van der Waals surface area contributed by atoms with Gasteiger partial charge in [-0.2, -0.15) is 0 Å². The van der Waals surface area contributed by atoms with E-state index < -0.39 is 0 Å². The van der Waals surface area contributed by atoms with E-state index in [1.165, 1.54) is 66.0 Å². The summed E-state index contributed by atoms with van der Waals surface area (Å²) >= 11 is 0. The van der Waals surface area contributed by atoms with Crippen LogP contribution in [0, 0.1) is 0 Å². The fraction of sp³-hybridized carbons (Fsp3) is 0.478. The second kappa shape index (κ2) is 11.0. The van der Waals surface area contributed by atoms with Gasteiger partial charge in [-0.3, -0.25) is 0 Å². The maximum Gasteiger partial charge on any atom is 0.0639 e. The summed E-state index contributed by atoms with van der Waals surface area (Å²) in [6.45, 7) is 9.07. The van der Waals surface area contributed by atoms with E-state index in [1.54, 1.807) is 0 Å². The molecule has 3 N–H and O–H groups in total. The Kier molecular flexibility index (Phi) is 8.94. The van der Waals surface area contributed by atoms with Crippen molar-refractivity contribution in [1.29, 1.82) is 0 Å². The first-order valence-electron chi connectivity index (χ1n) is 10.4. The minimum atomic E-state index is 0. The smallest absolute Gasteiger partial charge is 0.0639 e. The fourth-order valence-electron chi connectivity index (χ4n) is 4.19. The Morgan fingerprint density at radius 2 is 1.79 bits per heavy atom. The van der Waals surface area contributed by atoms with Crippen LogP contribution in [0.4, 0.5) is 11.4 Å². The number of piperidine rings is 1. The SMILES string of the molecule is CC1=CCCC2=C(C=C1C)c1ccc(NCCN3CCCCC3)cc1NN2.Cl.Cl. The van der Waals surface area contributed by atoms with Crippen molar-refractivity contribution >= 4 is 41.8 Å². The van der Waals surface area contributed by atoms with E-state index in [4.69, 9.17) is 0 Å². The highest BCUT2D eigenvalue weighted by molar-refractivity contribution is 5.88. The molecular formula is C23H34Cl2N4. The Bertz CT molecular complexity index is 792. The second-order valence-electron chi connectivity index (χ2n) is 7.98. The first-order valence-corrected chi connectivity index (χ1v) is 10.4. The van der Waals surface area contributed by atoms with E-state index in [0.717, 1.165) is 31.6 Å². The van der Waals surface area contributed by atoms with Crippen molar-refractivity contribution in [2.45, 2.75) is 46.0 Å². The number of benzene rings is 1. The van der Waals surface area contributed by atoms with Crippen LogP contribution in [0.15, 0.2) is 47.2 Å². The molecule has 160 valence electrons. The summed E-state index contributed by atoms with van der Waals surface area (Å²) in [5, 5.41) is 3.60. The van der Waals surface area contributed by atoms with Gasteiger partial charge in [0.05, 0.1) is 5.69 Å². The van der Waals surface area contributed by atoms with Crippen LogP contribution in [0.1, 0.15) is 51.5 Å². The monoisotopic (exact) mass is 436 g/mol. The van der Waals surface area contributed by atoms with Gasteiger partial charge in [0.1, 0.15) is 0 Å². The van der Waals surface area contributed by atoms with Crippen molar-refractivity contribution < 1.29 is 0 Å². The molecule has 0 amide bonds. The molecule has 0 atom stereocenters. The summed E-state index contributed by atoms with van der Waals surface area (Å²) in [6.07, 6.45) is 10.9. The molecule has 1 aromatic rings. The normalized spacial score (nSPS) is 18.8. The van der Waals surface area contributed by atoms with Gasteiger partial charge in [-0.25, -0.2) is 0 Å². The van der Waals surface area contributed by atoms with Gasteiger partial charge < -0.3 is 21.1 Å². The number of hydrogen-bond acceptors (Lipinski definition) is 4. The summed E-state index contributed by atoms with van der Waals surface area (Å²) in [7, 11) is 0. The average molecular weight is 437 g/mol. The van der Waals surface area contributed by atoms with Gasteiger partial charge in [0.2, 0.25) is 0 Å². The molecule has 0 saturated carbocycles. The number of fused-ring (bicyclic) bond motifs is 2. The van der Waals surface area contributed by atoms with Crippen molar-refractivity contribution in [3.8, 4) is 0 Å². The Morgan fingerprint density at radius 3 is 2.59 bits per heavy atom. The first kappa shape index (κ1) is 23.7. The number of nitrogens with one attached hydrogen (secondary N) is 3. The predicted molar refractivity (Wildman–Crippen MR) is 130 cm³/mol. The highest BCUT2D eigenvalue weighted by atomic mass is 35.5. The molecule has 29 heavy (non-hydrogen) atoms. The summed E-state index contributed by atoms with van der Waals surface area (Å²) in [5.74, 6) is 0. The van der Waals surface area contributed by atoms with Crippen LogP contribution in [-0.2, 0) is 0 Å². The largest absolute Gasteiger partial charge is 0.384 e. The van der Waals surface area contributed by atoms with Crippen molar-refractivity contribution in [1.82, 2.24) is 10.3 Å². The lowest BCUT2D eigenvalue weighted by Gasteiger charge is -2.28. The maximum absolute atomic E-state index is 3.60.